The molecule has 2 aromatic carbocycles. The van der Waals surface area contributed by atoms with Gasteiger partial charge in [-0.3, -0.25) is 4.79 Å². The molecular weight excluding hydrogens is 448 g/mol. The van der Waals surface area contributed by atoms with Crippen molar-refractivity contribution in [3.63, 3.8) is 0 Å². The molecule has 1 aromatic heterocycles. The van der Waals surface area contributed by atoms with E-state index in [-0.39, 0.29) is 16.8 Å². The number of sulfonamides is 1. The fourth-order valence-corrected chi connectivity index (χ4v) is 5.97. The molecule has 0 saturated carbocycles. The molecule has 3 aromatic rings. The van der Waals surface area contributed by atoms with E-state index in [2.05, 4.69) is 10.4 Å². The smallest absolute Gasteiger partial charge is 0.272 e. The van der Waals surface area contributed by atoms with Crippen LogP contribution in [0.1, 0.15) is 66.1 Å². The van der Waals surface area contributed by atoms with Crippen molar-refractivity contribution in [1.82, 2.24) is 19.4 Å². The van der Waals surface area contributed by atoms with Crippen molar-refractivity contribution in [2.45, 2.75) is 57.9 Å². The van der Waals surface area contributed by atoms with Gasteiger partial charge in [0.05, 0.1) is 16.6 Å². The van der Waals surface area contributed by atoms with E-state index in [4.69, 9.17) is 0 Å². The van der Waals surface area contributed by atoms with Gasteiger partial charge in [0, 0.05) is 24.3 Å². The molecule has 0 fully saturated rings. The molecule has 0 aliphatic heterocycles. The maximum Gasteiger partial charge on any atom is 0.272 e. The van der Waals surface area contributed by atoms with Gasteiger partial charge in [0.2, 0.25) is 10.0 Å². The predicted octanol–water partition coefficient (Wildman–Crippen LogP) is 4.19. The van der Waals surface area contributed by atoms with Gasteiger partial charge in [0.25, 0.3) is 5.91 Å². The summed E-state index contributed by atoms with van der Waals surface area (Å²) < 4.78 is 28.8. The molecule has 0 spiro atoms. The zero-order valence-electron chi connectivity index (χ0n) is 20.2. The average molecular weight is 481 g/mol. The molecule has 0 saturated heterocycles. The van der Waals surface area contributed by atoms with Crippen molar-refractivity contribution in [3.05, 3.63) is 76.6 Å². The molecule has 8 heteroatoms. The predicted molar refractivity (Wildman–Crippen MR) is 133 cm³/mol. The Hall–Kier alpha value is -2.97. The van der Waals surface area contributed by atoms with Crippen molar-refractivity contribution in [2.24, 2.45) is 0 Å². The van der Waals surface area contributed by atoms with E-state index in [1.165, 1.54) is 9.87 Å². The number of hydrogen-bond acceptors (Lipinski definition) is 4. The lowest BCUT2D eigenvalue weighted by molar-refractivity contribution is 0.0933. The van der Waals surface area contributed by atoms with Crippen molar-refractivity contribution in [1.29, 1.82) is 0 Å². The van der Waals surface area contributed by atoms with Crippen molar-refractivity contribution in [2.75, 3.05) is 13.1 Å². The molecule has 0 bridgehead atoms. The number of fused-ring (bicyclic) bond motifs is 1. The first kappa shape index (κ1) is 24.2. The third kappa shape index (κ3) is 4.52. The van der Waals surface area contributed by atoms with E-state index in [9.17, 15) is 13.2 Å². The number of nitrogens with zero attached hydrogens (tertiary/aromatic N) is 3. The average Bonchev–Trinajstić information content (AvgIpc) is 3.43. The largest absolute Gasteiger partial charge is 0.344 e. The van der Waals surface area contributed by atoms with Gasteiger partial charge in [-0.2, -0.15) is 9.40 Å². The number of amides is 1. The first-order chi connectivity index (χ1) is 16.3. The first-order valence-corrected chi connectivity index (χ1v) is 13.3. The van der Waals surface area contributed by atoms with Crippen LogP contribution in [0.3, 0.4) is 0 Å². The lowest BCUT2D eigenvalue weighted by atomic mass is 10.1. The van der Waals surface area contributed by atoms with E-state index in [0.717, 1.165) is 41.8 Å². The highest BCUT2D eigenvalue weighted by molar-refractivity contribution is 7.89. The Bertz CT molecular complexity index is 1270. The van der Waals surface area contributed by atoms with Crippen LogP contribution in [0.4, 0.5) is 0 Å². The molecule has 4 rings (SSSR count). The molecule has 7 nitrogen and oxygen atoms in total. The van der Waals surface area contributed by atoms with Crippen LogP contribution in [0.25, 0.3) is 5.69 Å². The van der Waals surface area contributed by atoms with Crippen LogP contribution < -0.4 is 5.32 Å². The Kier molecular flexibility index (Phi) is 6.91. The lowest BCUT2D eigenvalue weighted by Gasteiger charge is -2.19. The summed E-state index contributed by atoms with van der Waals surface area (Å²) in [5.74, 6) is -0.212. The summed E-state index contributed by atoms with van der Waals surface area (Å²) in [6.07, 6.45) is 2.76. The van der Waals surface area contributed by atoms with E-state index >= 15 is 0 Å². The number of aryl methyl sites for hydroxylation is 1. The lowest BCUT2D eigenvalue weighted by Crippen LogP contribution is -2.30. The SMILES string of the molecule is CCN(CC)S(=O)(=O)c1ccc(C(C)NC(=O)c2nn(-c3ccc(C)cc3)c3c2CCC3)cc1. The van der Waals surface area contributed by atoms with Crippen LogP contribution in [0.15, 0.2) is 53.4 Å². The summed E-state index contributed by atoms with van der Waals surface area (Å²) in [5.41, 5.74) is 5.57. The molecular formula is C26H32N4O3S. The van der Waals surface area contributed by atoms with Gasteiger partial charge >= 0.3 is 0 Å². The fourth-order valence-electron chi connectivity index (χ4n) is 4.51. The zero-order valence-corrected chi connectivity index (χ0v) is 21.0. The number of hydrogen-bond donors (Lipinski definition) is 1. The summed E-state index contributed by atoms with van der Waals surface area (Å²) in [4.78, 5) is 13.4. The fraction of sp³-hybridized carbons (Fsp3) is 0.385. The van der Waals surface area contributed by atoms with Gasteiger partial charge in [-0.15, -0.1) is 0 Å². The third-order valence-electron chi connectivity index (χ3n) is 6.49. The Labute approximate surface area is 201 Å². The van der Waals surface area contributed by atoms with Crippen LogP contribution in [-0.2, 0) is 22.9 Å². The number of rotatable bonds is 8. The molecule has 1 N–H and O–H groups in total. The highest BCUT2D eigenvalue weighted by Crippen LogP contribution is 2.28. The van der Waals surface area contributed by atoms with E-state index in [0.29, 0.717) is 18.8 Å². The second-order valence-corrected chi connectivity index (χ2v) is 10.7. The number of aromatic nitrogens is 2. The van der Waals surface area contributed by atoms with Crippen LogP contribution in [0, 0.1) is 6.92 Å². The van der Waals surface area contributed by atoms with Crippen molar-refractivity contribution < 1.29 is 13.2 Å². The Morgan fingerprint density at radius 1 is 1.06 bits per heavy atom. The van der Waals surface area contributed by atoms with Gasteiger partial charge in [0.1, 0.15) is 0 Å². The molecule has 1 atom stereocenters. The number of nitrogens with one attached hydrogen (secondary N) is 1. The topological polar surface area (TPSA) is 84.3 Å². The second kappa shape index (κ2) is 9.72. The highest BCUT2D eigenvalue weighted by atomic mass is 32.2. The molecule has 1 aliphatic rings. The maximum atomic E-state index is 13.2. The summed E-state index contributed by atoms with van der Waals surface area (Å²) in [6, 6.07) is 14.6. The Morgan fingerprint density at radius 2 is 1.71 bits per heavy atom. The van der Waals surface area contributed by atoms with Crippen molar-refractivity contribution in [3.8, 4) is 5.69 Å². The standard InChI is InChI=1S/C26H32N4O3S/c1-5-29(6-2)34(32,33)22-16-12-20(13-17-22)19(4)27-26(31)25-23-8-7-9-24(23)30(28-25)21-14-10-18(3)11-15-21/h10-17,19H,5-9H2,1-4H3,(H,27,31). The molecule has 1 unspecified atom stereocenters. The van der Waals surface area contributed by atoms with Gasteiger partial charge in [-0.1, -0.05) is 43.7 Å². The van der Waals surface area contributed by atoms with Crippen LogP contribution >= 0.6 is 0 Å². The summed E-state index contributed by atoms with van der Waals surface area (Å²) in [5, 5.41) is 7.73. The zero-order chi connectivity index (χ0) is 24.5. The van der Waals surface area contributed by atoms with E-state index in [1.807, 2.05) is 56.6 Å². The first-order valence-electron chi connectivity index (χ1n) is 11.8. The van der Waals surface area contributed by atoms with Gasteiger partial charge < -0.3 is 5.32 Å². The minimum Gasteiger partial charge on any atom is -0.344 e. The summed E-state index contributed by atoms with van der Waals surface area (Å²) >= 11 is 0. The summed E-state index contributed by atoms with van der Waals surface area (Å²) in [6.45, 7) is 8.43. The highest BCUT2D eigenvalue weighted by Gasteiger charge is 2.28. The molecule has 180 valence electrons. The second-order valence-electron chi connectivity index (χ2n) is 8.73. The normalized spacial score (nSPS) is 14.3. The third-order valence-corrected chi connectivity index (χ3v) is 8.56. The van der Waals surface area contributed by atoms with E-state index < -0.39 is 10.0 Å². The van der Waals surface area contributed by atoms with E-state index in [1.54, 1.807) is 24.3 Å². The van der Waals surface area contributed by atoms with Crippen molar-refractivity contribution >= 4 is 15.9 Å². The minimum absolute atomic E-state index is 0.212. The van der Waals surface area contributed by atoms with Gasteiger partial charge in [-0.05, 0) is 62.9 Å². The Morgan fingerprint density at radius 3 is 2.32 bits per heavy atom. The number of carbonyl (C=O) groups is 1. The minimum atomic E-state index is -3.51. The van der Waals surface area contributed by atoms with Crippen LogP contribution in [0.2, 0.25) is 0 Å². The molecule has 1 heterocycles. The number of carbonyl (C=O) groups excluding carboxylic acids is 1. The maximum absolute atomic E-state index is 13.2. The monoisotopic (exact) mass is 480 g/mol. The van der Waals surface area contributed by atoms with Crippen LogP contribution in [0.5, 0.6) is 0 Å². The van der Waals surface area contributed by atoms with Crippen LogP contribution in [-0.4, -0.2) is 41.5 Å². The Balaban J connectivity index is 1.53. The van der Waals surface area contributed by atoms with Gasteiger partial charge in [0.15, 0.2) is 5.69 Å². The summed E-state index contributed by atoms with van der Waals surface area (Å²) in [7, 11) is -3.51. The molecule has 34 heavy (non-hydrogen) atoms. The number of benzene rings is 2. The van der Waals surface area contributed by atoms with Gasteiger partial charge in [-0.25, -0.2) is 13.1 Å². The molecule has 1 amide bonds. The molecule has 1 aliphatic carbocycles. The quantitative estimate of drug-likeness (QED) is 0.524. The molecule has 0 radical (unpaired) electrons.